The summed E-state index contributed by atoms with van der Waals surface area (Å²) in [4.78, 5) is 5.23. The van der Waals surface area contributed by atoms with Crippen molar-refractivity contribution < 1.29 is 4.42 Å². The molecule has 0 amide bonds. The Labute approximate surface area is 198 Å². The van der Waals surface area contributed by atoms with Crippen LogP contribution in [0.2, 0.25) is 0 Å². The SMILES string of the molecule is C#Cc1cc(-c2nc3oc4ccccc4c3c3c2C2CCC3C2)n(-c2ccccc2)c1C=CC. The Morgan fingerprint density at radius 3 is 2.59 bits per heavy atom. The highest BCUT2D eigenvalue weighted by atomic mass is 16.3. The van der Waals surface area contributed by atoms with Gasteiger partial charge < -0.3 is 8.98 Å². The molecule has 1 fully saturated rings. The zero-order valence-corrected chi connectivity index (χ0v) is 19.1. The molecule has 0 saturated heterocycles. The Morgan fingerprint density at radius 2 is 1.79 bits per heavy atom. The topological polar surface area (TPSA) is 31.0 Å². The van der Waals surface area contributed by atoms with Crippen LogP contribution in [0.3, 0.4) is 0 Å². The first-order valence-electron chi connectivity index (χ1n) is 12.0. The molecule has 2 bridgehead atoms. The van der Waals surface area contributed by atoms with Gasteiger partial charge in [-0.3, -0.25) is 0 Å². The van der Waals surface area contributed by atoms with Gasteiger partial charge in [-0.2, -0.15) is 0 Å². The highest BCUT2D eigenvalue weighted by Crippen LogP contribution is 2.58. The zero-order chi connectivity index (χ0) is 22.8. The molecule has 1 saturated carbocycles. The van der Waals surface area contributed by atoms with Crippen molar-refractivity contribution in [1.29, 1.82) is 0 Å². The normalized spacial score (nSPS) is 18.8. The van der Waals surface area contributed by atoms with Gasteiger partial charge in [0.1, 0.15) is 5.58 Å². The van der Waals surface area contributed by atoms with E-state index in [-0.39, 0.29) is 0 Å². The number of pyridine rings is 1. The molecule has 2 unspecified atom stereocenters. The van der Waals surface area contributed by atoms with Crippen molar-refractivity contribution in [3.63, 3.8) is 0 Å². The first-order valence-corrected chi connectivity index (χ1v) is 12.0. The minimum absolute atomic E-state index is 0.541. The number of allylic oxidation sites excluding steroid dienone is 1. The molecule has 164 valence electrons. The number of hydrogen-bond acceptors (Lipinski definition) is 2. The maximum Gasteiger partial charge on any atom is 0.228 e. The molecule has 2 aliphatic rings. The average molecular weight is 441 g/mol. The first-order chi connectivity index (χ1) is 16.8. The third kappa shape index (κ3) is 2.57. The molecule has 2 aromatic carbocycles. The van der Waals surface area contributed by atoms with Gasteiger partial charge in [0.05, 0.1) is 28.0 Å². The summed E-state index contributed by atoms with van der Waals surface area (Å²) >= 11 is 0. The Kier molecular flexibility index (Phi) is 4.14. The van der Waals surface area contributed by atoms with E-state index in [0.717, 1.165) is 39.6 Å². The minimum Gasteiger partial charge on any atom is -0.438 e. The van der Waals surface area contributed by atoms with Crippen molar-refractivity contribution in [1.82, 2.24) is 9.55 Å². The number of benzene rings is 2. The van der Waals surface area contributed by atoms with Gasteiger partial charge in [0, 0.05) is 11.1 Å². The molecule has 34 heavy (non-hydrogen) atoms. The largest absolute Gasteiger partial charge is 0.438 e. The van der Waals surface area contributed by atoms with Crippen molar-refractivity contribution in [2.24, 2.45) is 0 Å². The van der Waals surface area contributed by atoms with Crippen LogP contribution in [0.5, 0.6) is 0 Å². The van der Waals surface area contributed by atoms with Crippen LogP contribution in [0.15, 0.2) is 71.2 Å². The summed E-state index contributed by atoms with van der Waals surface area (Å²) in [6, 6.07) is 20.9. The average Bonchev–Trinajstić information content (AvgIpc) is 3.65. The summed E-state index contributed by atoms with van der Waals surface area (Å²) in [5.74, 6) is 4.04. The number of aromatic nitrogens is 2. The highest BCUT2D eigenvalue weighted by molar-refractivity contribution is 6.07. The van der Waals surface area contributed by atoms with Crippen molar-refractivity contribution in [3.8, 4) is 29.4 Å². The van der Waals surface area contributed by atoms with Crippen LogP contribution in [0.25, 0.3) is 45.2 Å². The molecule has 3 heterocycles. The standard InChI is InChI=1S/C31H24N2O/c1-3-10-24-19(4-2)18-25(33(24)22-11-6-5-7-12-22)30-28-21-16-15-20(17-21)27(28)29-23-13-8-9-14-26(23)34-31(29)32-30/h2-3,5-14,18,20-21H,15-17H2,1H3. The van der Waals surface area contributed by atoms with Gasteiger partial charge in [-0.15, -0.1) is 6.42 Å². The van der Waals surface area contributed by atoms with Crippen LogP contribution in [0, 0.1) is 12.3 Å². The van der Waals surface area contributed by atoms with Crippen molar-refractivity contribution >= 4 is 28.1 Å². The van der Waals surface area contributed by atoms with E-state index in [1.54, 1.807) is 0 Å². The van der Waals surface area contributed by atoms with E-state index in [1.807, 2.05) is 31.2 Å². The molecule has 3 aromatic heterocycles. The molecule has 0 N–H and O–H groups in total. The second-order valence-corrected chi connectivity index (χ2v) is 9.42. The number of rotatable bonds is 3. The van der Waals surface area contributed by atoms with Crippen LogP contribution in [-0.2, 0) is 0 Å². The lowest BCUT2D eigenvalue weighted by Crippen LogP contribution is -2.07. The zero-order valence-electron chi connectivity index (χ0n) is 19.1. The predicted molar refractivity (Wildman–Crippen MR) is 138 cm³/mol. The van der Waals surface area contributed by atoms with Gasteiger partial charge in [-0.1, -0.05) is 48.4 Å². The van der Waals surface area contributed by atoms with Crippen molar-refractivity contribution in [2.45, 2.75) is 38.0 Å². The van der Waals surface area contributed by atoms with Crippen molar-refractivity contribution in [2.75, 3.05) is 0 Å². The molecule has 0 spiro atoms. The molecule has 2 aliphatic carbocycles. The second kappa shape index (κ2) is 7.23. The molecule has 7 rings (SSSR count). The van der Waals surface area contributed by atoms with Gasteiger partial charge in [0.2, 0.25) is 5.71 Å². The lowest BCUT2D eigenvalue weighted by molar-refractivity contribution is 0.650. The Morgan fingerprint density at radius 1 is 1.03 bits per heavy atom. The van der Waals surface area contributed by atoms with E-state index in [2.05, 4.69) is 59.0 Å². The smallest absolute Gasteiger partial charge is 0.228 e. The predicted octanol–water partition coefficient (Wildman–Crippen LogP) is 7.82. The monoisotopic (exact) mass is 440 g/mol. The van der Waals surface area contributed by atoms with Crippen LogP contribution in [0.4, 0.5) is 0 Å². The molecule has 0 aliphatic heterocycles. The molecule has 0 radical (unpaired) electrons. The number of hydrogen-bond donors (Lipinski definition) is 0. The van der Waals surface area contributed by atoms with E-state index in [1.165, 1.54) is 41.2 Å². The maximum atomic E-state index is 6.33. The minimum atomic E-state index is 0.541. The summed E-state index contributed by atoms with van der Waals surface area (Å²) in [6.07, 6.45) is 13.8. The lowest BCUT2D eigenvalue weighted by atomic mass is 9.87. The summed E-state index contributed by atoms with van der Waals surface area (Å²) in [5, 5.41) is 2.39. The number of furan rings is 1. The number of fused-ring (bicyclic) bond motifs is 9. The van der Waals surface area contributed by atoms with Crippen LogP contribution < -0.4 is 0 Å². The summed E-state index contributed by atoms with van der Waals surface area (Å²) in [5.41, 5.74) is 9.52. The number of nitrogens with zero attached hydrogens (tertiary/aromatic N) is 2. The molecular weight excluding hydrogens is 416 g/mol. The van der Waals surface area contributed by atoms with E-state index >= 15 is 0 Å². The van der Waals surface area contributed by atoms with E-state index in [0.29, 0.717) is 11.8 Å². The van der Waals surface area contributed by atoms with E-state index in [4.69, 9.17) is 15.8 Å². The van der Waals surface area contributed by atoms with Crippen molar-refractivity contribution in [3.05, 3.63) is 89.1 Å². The Bertz CT molecular complexity index is 1660. The number of terminal acetylenes is 1. The molecule has 5 aromatic rings. The third-order valence-corrected chi connectivity index (χ3v) is 7.63. The third-order valence-electron chi connectivity index (χ3n) is 7.63. The molecule has 3 heteroatoms. The highest BCUT2D eigenvalue weighted by Gasteiger charge is 2.42. The fourth-order valence-electron chi connectivity index (χ4n) is 6.33. The van der Waals surface area contributed by atoms with Crippen LogP contribution >= 0.6 is 0 Å². The lowest BCUT2D eigenvalue weighted by Gasteiger charge is -2.20. The maximum absolute atomic E-state index is 6.33. The molecule has 2 atom stereocenters. The second-order valence-electron chi connectivity index (χ2n) is 9.42. The van der Waals surface area contributed by atoms with Crippen LogP contribution in [0.1, 0.15) is 60.4 Å². The Hall–Kier alpha value is -4.03. The van der Waals surface area contributed by atoms with Gasteiger partial charge in [-0.25, -0.2) is 4.98 Å². The molecular formula is C31H24N2O. The van der Waals surface area contributed by atoms with E-state index in [9.17, 15) is 0 Å². The van der Waals surface area contributed by atoms with E-state index < -0.39 is 0 Å². The summed E-state index contributed by atoms with van der Waals surface area (Å²) in [6.45, 7) is 2.03. The molecule has 3 nitrogen and oxygen atoms in total. The summed E-state index contributed by atoms with van der Waals surface area (Å²) in [7, 11) is 0. The van der Waals surface area contributed by atoms with Gasteiger partial charge in [-0.05, 0) is 79.5 Å². The van der Waals surface area contributed by atoms with Crippen LogP contribution in [-0.4, -0.2) is 9.55 Å². The summed E-state index contributed by atoms with van der Waals surface area (Å²) < 4.78 is 8.59. The van der Waals surface area contributed by atoms with Gasteiger partial charge >= 0.3 is 0 Å². The quantitative estimate of drug-likeness (QED) is 0.268. The van der Waals surface area contributed by atoms with Gasteiger partial charge in [0.15, 0.2) is 0 Å². The Balaban J connectivity index is 1.62. The van der Waals surface area contributed by atoms with Gasteiger partial charge in [0.25, 0.3) is 0 Å². The fraction of sp³-hybridized carbons (Fsp3) is 0.194. The first kappa shape index (κ1) is 19.4. The fourth-order valence-corrected chi connectivity index (χ4v) is 6.33. The number of para-hydroxylation sites is 2.